The maximum absolute atomic E-state index is 12.7. The lowest BCUT2D eigenvalue weighted by atomic mass is 10.2. The molecule has 29 heavy (non-hydrogen) atoms. The van der Waals surface area contributed by atoms with Crippen LogP contribution in [0, 0.1) is 11.3 Å². The van der Waals surface area contributed by atoms with Crippen molar-refractivity contribution in [3.05, 3.63) is 48.0 Å². The fraction of sp³-hybridized carbons (Fsp3) is 0.286. The first-order valence-corrected chi connectivity index (χ1v) is 9.00. The minimum absolute atomic E-state index is 0.132. The van der Waals surface area contributed by atoms with Crippen LogP contribution in [0.2, 0.25) is 0 Å². The monoisotopic (exact) mass is 396 g/mol. The van der Waals surface area contributed by atoms with Crippen LogP contribution in [0.5, 0.6) is 17.2 Å². The van der Waals surface area contributed by atoms with Gasteiger partial charge in [-0.05, 0) is 36.4 Å². The number of hydrogen-bond acceptors (Lipinski definition) is 7. The third-order valence-electron chi connectivity index (χ3n) is 4.24. The second kappa shape index (κ2) is 9.46. The summed E-state index contributed by atoms with van der Waals surface area (Å²) in [4.78, 5) is 26.3. The van der Waals surface area contributed by atoms with Crippen molar-refractivity contribution in [3.63, 3.8) is 0 Å². The Balaban J connectivity index is 1.68. The summed E-state index contributed by atoms with van der Waals surface area (Å²) >= 11 is 0. The Hall–Kier alpha value is -3.73. The number of benzene rings is 2. The molecule has 2 aromatic carbocycles. The van der Waals surface area contributed by atoms with E-state index in [-0.39, 0.29) is 13.0 Å². The molecule has 2 aromatic rings. The summed E-state index contributed by atoms with van der Waals surface area (Å²) in [5.41, 5.74) is 0.844. The first-order chi connectivity index (χ1) is 14.1. The van der Waals surface area contributed by atoms with Crippen LogP contribution in [0.3, 0.4) is 0 Å². The highest BCUT2D eigenvalue weighted by atomic mass is 16.6. The molecule has 0 atom stereocenters. The highest BCUT2D eigenvalue weighted by molar-refractivity contribution is 5.97. The smallest absolute Gasteiger partial charge is 0.338 e. The number of fused-ring (bicyclic) bond motifs is 1. The molecule has 0 aromatic heterocycles. The van der Waals surface area contributed by atoms with Crippen LogP contribution in [0.25, 0.3) is 0 Å². The van der Waals surface area contributed by atoms with E-state index in [2.05, 4.69) is 0 Å². The number of esters is 1. The van der Waals surface area contributed by atoms with Gasteiger partial charge in [0.15, 0.2) is 18.1 Å². The number of carbonyl (C=O) groups excluding carboxylic acids is 2. The molecule has 1 heterocycles. The van der Waals surface area contributed by atoms with E-state index in [0.717, 1.165) is 0 Å². The van der Waals surface area contributed by atoms with Crippen molar-refractivity contribution in [2.45, 2.75) is 6.42 Å². The van der Waals surface area contributed by atoms with Gasteiger partial charge in [-0.1, -0.05) is 0 Å². The van der Waals surface area contributed by atoms with Crippen molar-refractivity contribution in [2.75, 3.05) is 38.4 Å². The normalized spacial score (nSPS) is 11.9. The number of anilines is 1. The molecule has 0 fully saturated rings. The van der Waals surface area contributed by atoms with Gasteiger partial charge in [0.25, 0.3) is 5.91 Å². The molecule has 1 amide bonds. The molecule has 0 bridgehead atoms. The predicted octanol–water partition coefficient (Wildman–Crippen LogP) is 2.57. The summed E-state index contributed by atoms with van der Waals surface area (Å²) in [5, 5.41) is 8.92. The van der Waals surface area contributed by atoms with E-state index in [1.165, 1.54) is 12.0 Å². The maximum atomic E-state index is 12.7. The van der Waals surface area contributed by atoms with Crippen molar-refractivity contribution < 1.29 is 28.5 Å². The van der Waals surface area contributed by atoms with Gasteiger partial charge in [-0.2, -0.15) is 5.26 Å². The fourth-order valence-electron chi connectivity index (χ4n) is 2.78. The lowest BCUT2D eigenvalue weighted by molar-refractivity contribution is -0.121. The SMILES string of the molecule is COc1ccc(C(=O)OCC(=O)N(CCC#N)c2ccc3c(c2)OCCO3)cc1. The lowest BCUT2D eigenvalue weighted by Gasteiger charge is -2.24. The summed E-state index contributed by atoms with van der Waals surface area (Å²) in [6.07, 6.45) is 0.132. The molecule has 0 radical (unpaired) electrons. The van der Waals surface area contributed by atoms with Crippen LogP contribution in [0.1, 0.15) is 16.8 Å². The van der Waals surface area contributed by atoms with Gasteiger partial charge in [0.05, 0.1) is 25.2 Å². The Morgan fingerprint density at radius 3 is 2.52 bits per heavy atom. The Morgan fingerprint density at radius 1 is 1.10 bits per heavy atom. The molecule has 0 saturated heterocycles. The van der Waals surface area contributed by atoms with Gasteiger partial charge in [-0.25, -0.2) is 4.79 Å². The first-order valence-electron chi connectivity index (χ1n) is 9.00. The van der Waals surface area contributed by atoms with E-state index in [0.29, 0.717) is 41.7 Å². The molecule has 0 unspecified atom stereocenters. The van der Waals surface area contributed by atoms with E-state index < -0.39 is 18.5 Å². The average molecular weight is 396 g/mol. The van der Waals surface area contributed by atoms with Gasteiger partial charge in [0, 0.05) is 18.3 Å². The second-order valence-electron chi connectivity index (χ2n) is 6.09. The molecule has 0 aliphatic carbocycles. The van der Waals surface area contributed by atoms with Crippen LogP contribution in [0.15, 0.2) is 42.5 Å². The van der Waals surface area contributed by atoms with Crippen molar-refractivity contribution in [1.82, 2.24) is 0 Å². The number of hydrogen-bond donors (Lipinski definition) is 0. The zero-order valence-electron chi connectivity index (χ0n) is 15.9. The van der Waals surface area contributed by atoms with Gasteiger partial charge in [-0.15, -0.1) is 0 Å². The number of nitrogens with zero attached hydrogens (tertiary/aromatic N) is 2. The quantitative estimate of drug-likeness (QED) is 0.663. The summed E-state index contributed by atoms with van der Waals surface area (Å²) in [6, 6.07) is 13.5. The zero-order valence-corrected chi connectivity index (χ0v) is 15.9. The van der Waals surface area contributed by atoms with Crippen LogP contribution in [-0.2, 0) is 9.53 Å². The molecular formula is C21H20N2O6. The lowest BCUT2D eigenvalue weighted by Crippen LogP contribution is -2.35. The van der Waals surface area contributed by atoms with Gasteiger partial charge < -0.3 is 23.8 Å². The molecule has 1 aliphatic heterocycles. The molecule has 1 aliphatic rings. The highest BCUT2D eigenvalue weighted by Gasteiger charge is 2.21. The number of ether oxygens (including phenoxy) is 4. The molecular weight excluding hydrogens is 376 g/mol. The van der Waals surface area contributed by atoms with E-state index in [9.17, 15) is 9.59 Å². The Labute approximate surface area is 168 Å². The van der Waals surface area contributed by atoms with Gasteiger partial charge in [-0.3, -0.25) is 4.79 Å². The van der Waals surface area contributed by atoms with Gasteiger partial charge >= 0.3 is 5.97 Å². The Bertz CT molecular complexity index is 920. The number of carbonyl (C=O) groups is 2. The third-order valence-corrected chi connectivity index (χ3v) is 4.24. The predicted molar refractivity (Wildman–Crippen MR) is 103 cm³/mol. The fourth-order valence-corrected chi connectivity index (χ4v) is 2.78. The maximum Gasteiger partial charge on any atom is 0.338 e. The van der Waals surface area contributed by atoms with Gasteiger partial charge in [0.1, 0.15) is 19.0 Å². The van der Waals surface area contributed by atoms with Gasteiger partial charge in [0.2, 0.25) is 0 Å². The molecule has 8 nitrogen and oxygen atoms in total. The number of methoxy groups -OCH3 is 1. The van der Waals surface area contributed by atoms with Crippen molar-refractivity contribution in [2.24, 2.45) is 0 Å². The van der Waals surface area contributed by atoms with E-state index in [1.807, 2.05) is 6.07 Å². The molecule has 0 saturated carbocycles. The van der Waals surface area contributed by atoms with Crippen molar-refractivity contribution >= 4 is 17.6 Å². The molecule has 150 valence electrons. The molecule has 0 spiro atoms. The minimum atomic E-state index is -0.622. The zero-order chi connectivity index (χ0) is 20.6. The Kier molecular flexibility index (Phi) is 6.53. The first kappa shape index (κ1) is 20.0. The number of amides is 1. The van der Waals surface area contributed by atoms with E-state index >= 15 is 0 Å². The summed E-state index contributed by atoms with van der Waals surface area (Å²) in [5.74, 6) is 0.665. The second-order valence-corrected chi connectivity index (χ2v) is 6.09. The largest absolute Gasteiger partial charge is 0.497 e. The van der Waals surface area contributed by atoms with Crippen LogP contribution in [0.4, 0.5) is 5.69 Å². The van der Waals surface area contributed by atoms with E-state index in [4.69, 9.17) is 24.2 Å². The minimum Gasteiger partial charge on any atom is -0.497 e. The van der Waals surface area contributed by atoms with Crippen LogP contribution >= 0.6 is 0 Å². The van der Waals surface area contributed by atoms with Crippen LogP contribution in [-0.4, -0.2) is 45.4 Å². The van der Waals surface area contributed by atoms with Crippen molar-refractivity contribution in [1.29, 1.82) is 5.26 Å². The molecule has 3 rings (SSSR count). The Morgan fingerprint density at radius 2 is 1.83 bits per heavy atom. The summed E-state index contributed by atoms with van der Waals surface area (Å²) in [7, 11) is 1.53. The topological polar surface area (TPSA) is 98.1 Å². The third kappa shape index (κ3) is 4.96. The molecule has 0 N–H and O–H groups in total. The molecule has 8 heteroatoms. The van der Waals surface area contributed by atoms with E-state index in [1.54, 1.807) is 42.5 Å². The number of rotatable bonds is 7. The summed E-state index contributed by atoms with van der Waals surface area (Å²) < 4.78 is 21.2. The average Bonchev–Trinajstić information content (AvgIpc) is 2.77. The highest BCUT2D eigenvalue weighted by Crippen LogP contribution is 2.34. The standard InChI is InChI=1S/C21H20N2O6/c1-26-17-6-3-15(4-7-17)21(25)29-14-20(24)23(10-2-9-22)16-5-8-18-19(13-16)28-12-11-27-18/h3-8,13H,2,10-12,14H2,1H3. The van der Waals surface area contributed by atoms with Crippen molar-refractivity contribution in [3.8, 4) is 23.3 Å². The van der Waals surface area contributed by atoms with Crippen LogP contribution < -0.4 is 19.1 Å². The number of nitriles is 1. The summed E-state index contributed by atoms with van der Waals surface area (Å²) in [6.45, 7) is 0.590.